The molecule has 1 N–H and O–H groups in total. The van der Waals surface area contributed by atoms with Crippen LogP contribution >= 0.6 is 11.8 Å². The number of hydrogen-bond donors (Lipinski definition) is 1. The summed E-state index contributed by atoms with van der Waals surface area (Å²) in [6.45, 7) is 1.97. The maximum atomic E-state index is 12.3. The van der Waals surface area contributed by atoms with Crippen LogP contribution < -0.4 is 5.32 Å². The minimum atomic E-state index is -4.38. The molecule has 3 nitrogen and oxygen atoms in total. The molecule has 1 aromatic rings. The van der Waals surface area contributed by atoms with Gasteiger partial charge in [-0.05, 0) is 37.8 Å². The Morgan fingerprint density at radius 1 is 1.50 bits per heavy atom. The van der Waals surface area contributed by atoms with Gasteiger partial charge in [-0.1, -0.05) is 11.8 Å². The first-order valence-corrected chi connectivity index (χ1v) is 7.30. The average Bonchev–Trinajstić information content (AvgIpc) is 3.20. The van der Waals surface area contributed by atoms with Gasteiger partial charge < -0.3 is 5.32 Å². The first-order valence-electron chi connectivity index (χ1n) is 6.31. The smallest absolute Gasteiger partial charge is 0.353 e. The number of rotatable bonds is 5. The molecule has 1 aliphatic rings. The number of alkyl halides is 3. The number of carbonyl (C=O) groups is 1. The molecule has 20 heavy (non-hydrogen) atoms. The van der Waals surface area contributed by atoms with Gasteiger partial charge in [0.1, 0.15) is 0 Å². The molecule has 1 saturated carbocycles. The van der Waals surface area contributed by atoms with Crippen molar-refractivity contribution in [1.29, 1.82) is 0 Å². The predicted molar refractivity (Wildman–Crippen MR) is 70.3 cm³/mol. The number of aromatic nitrogens is 1. The Kier molecular flexibility index (Phi) is 4.57. The highest BCUT2D eigenvalue weighted by atomic mass is 32.2. The quantitative estimate of drug-likeness (QED) is 0.850. The molecule has 110 valence electrons. The number of carbonyl (C=O) groups excluding carboxylic acids is 1. The number of nitrogens with one attached hydrogen (secondary N) is 1. The van der Waals surface area contributed by atoms with Crippen molar-refractivity contribution >= 4 is 17.7 Å². The van der Waals surface area contributed by atoms with Gasteiger partial charge in [0.15, 0.2) is 0 Å². The van der Waals surface area contributed by atoms with E-state index >= 15 is 0 Å². The highest BCUT2D eigenvalue weighted by Crippen LogP contribution is 2.32. The predicted octanol–water partition coefficient (Wildman–Crippen LogP) is 3.11. The molecule has 7 heteroatoms. The minimum Gasteiger partial charge on any atom is -0.353 e. The lowest BCUT2D eigenvalue weighted by molar-refractivity contribution is -0.137. The standard InChI is InChI=1S/C13H15F3N2OS/c1-8(9-2-3-9)18-11(19)7-20-12-5-4-10(6-17-12)13(14,15)16/h4-6,8-9H,2-3,7H2,1H3,(H,18,19). The number of nitrogens with zero attached hydrogens (tertiary/aromatic N) is 1. The van der Waals surface area contributed by atoms with Crippen molar-refractivity contribution in [3.8, 4) is 0 Å². The maximum absolute atomic E-state index is 12.3. The van der Waals surface area contributed by atoms with Crippen molar-refractivity contribution in [2.45, 2.75) is 37.0 Å². The van der Waals surface area contributed by atoms with Crippen LogP contribution in [0.5, 0.6) is 0 Å². The zero-order valence-corrected chi connectivity index (χ0v) is 11.7. The Morgan fingerprint density at radius 3 is 2.70 bits per heavy atom. The summed E-state index contributed by atoms with van der Waals surface area (Å²) in [6.07, 6.45) is -1.30. The lowest BCUT2D eigenvalue weighted by atomic mass is 10.2. The molecule has 0 radical (unpaired) electrons. The van der Waals surface area contributed by atoms with Gasteiger partial charge in [-0.2, -0.15) is 13.2 Å². The molecule has 0 aliphatic heterocycles. The second kappa shape index (κ2) is 6.03. The molecule has 1 aromatic heterocycles. The van der Waals surface area contributed by atoms with Crippen molar-refractivity contribution in [3.05, 3.63) is 23.9 Å². The number of halogens is 3. The van der Waals surface area contributed by atoms with E-state index in [1.807, 2.05) is 6.92 Å². The van der Waals surface area contributed by atoms with Gasteiger partial charge in [-0.3, -0.25) is 4.79 Å². The Morgan fingerprint density at radius 2 is 2.20 bits per heavy atom. The molecule has 0 aromatic carbocycles. The number of pyridine rings is 1. The summed E-state index contributed by atoms with van der Waals surface area (Å²) >= 11 is 1.13. The third kappa shape index (κ3) is 4.40. The van der Waals surface area contributed by atoms with E-state index < -0.39 is 11.7 Å². The van der Waals surface area contributed by atoms with Crippen molar-refractivity contribution < 1.29 is 18.0 Å². The first-order chi connectivity index (χ1) is 9.36. The molecule has 2 rings (SSSR count). The third-order valence-electron chi connectivity index (χ3n) is 3.13. The van der Waals surface area contributed by atoms with E-state index in [0.29, 0.717) is 10.9 Å². The summed E-state index contributed by atoms with van der Waals surface area (Å²) in [4.78, 5) is 15.4. The number of thioether (sulfide) groups is 1. The third-order valence-corrected chi connectivity index (χ3v) is 4.08. The molecular weight excluding hydrogens is 289 g/mol. The summed E-state index contributed by atoms with van der Waals surface area (Å²) in [5.74, 6) is 0.624. The van der Waals surface area contributed by atoms with Crippen molar-refractivity contribution in [2.75, 3.05) is 5.75 Å². The Labute approximate surface area is 119 Å². The van der Waals surface area contributed by atoms with Gasteiger partial charge in [0.05, 0.1) is 16.3 Å². The number of hydrogen-bond acceptors (Lipinski definition) is 3. The second-order valence-electron chi connectivity index (χ2n) is 4.87. The highest BCUT2D eigenvalue weighted by molar-refractivity contribution is 7.99. The van der Waals surface area contributed by atoms with E-state index in [-0.39, 0.29) is 17.7 Å². The SMILES string of the molecule is CC(NC(=O)CSc1ccc(C(F)(F)F)cn1)C1CC1. The van der Waals surface area contributed by atoms with Crippen molar-refractivity contribution in [3.63, 3.8) is 0 Å². The number of amides is 1. The lowest BCUT2D eigenvalue weighted by Gasteiger charge is -2.12. The molecule has 0 saturated heterocycles. The topological polar surface area (TPSA) is 42.0 Å². The van der Waals surface area contributed by atoms with Crippen LogP contribution in [0, 0.1) is 5.92 Å². The molecule has 0 spiro atoms. The zero-order valence-electron chi connectivity index (χ0n) is 10.9. The van der Waals surface area contributed by atoms with Crippen LogP contribution in [-0.2, 0) is 11.0 Å². The van der Waals surface area contributed by atoms with Crippen LogP contribution in [0.25, 0.3) is 0 Å². The summed E-state index contributed by atoms with van der Waals surface area (Å²) in [5.41, 5.74) is -0.784. The van der Waals surface area contributed by atoms with Crippen LogP contribution in [0.15, 0.2) is 23.4 Å². The molecule has 1 fully saturated rings. The van der Waals surface area contributed by atoms with Crippen molar-refractivity contribution in [2.24, 2.45) is 5.92 Å². The van der Waals surface area contributed by atoms with Gasteiger partial charge in [0, 0.05) is 12.2 Å². The summed E-state index contributed by atoms with van der Waals surface area (Å²) in [5, 5.41) is 3.29. The zero-order chi connectivity index (χ0) is 14.8. The van der Waals surface area contributed by atoms with Gasteiger partial charge in [0.25, 0.3) is 0 Å². The molecule has 1 aliphatic carbocycles. The average molecular weight is 304 g/mol. The van der Waals surface area contributed by atoms with Crippen LogP contribution in [0.4, 0.5) is 13.2 Å². The normalized spacial score (nSPS) is 16.8. The van der Waals surface area contributed by atoms with E-state index in [4.69, 9.17) is 0 Å². The van der Waals surface area contributed by atoms with Gasteiger partial charge >= 0.3 is 6.18 Å². The monoisotopic (exact) mass is 304 g/mol. The van der Waals surface area contributed by atoms with Crippen LogP contribution in [0.1, 0.15) is 25.3 Å². The first kappa shape index (κ1) is 15.2. The molecule has 1 heterocycles. The highest BCUT2D eigenvalue weighted by Gasteiger charge is 2.31. The van der Waals surface area contributed by atoms with E-state index in [0.717, 1.165) is 36.9 Å². The van der Waals surface area contributed by atoms with E-state index in [1.54, 1.807) is 0 Å². The summed E-state index contributed by atoms with van der Waals surface area (Å²) < 4.78 is 37.0. The van der Waals surface area contributed by atoms with Crippen molar-refractivity contribution in [1.82, 2.24) is 10.3 Å². The fourth-order valence-electron chi connectivity index (χ4n) is 1.78. The maximum Gasteiger partial charge on any atom is 0.417 e. The second-order valence-corrected chi connectivity index (χ2v) is 5.86. The molecule has 1 amide bonds. The van der Waals surface area contributed by atoms with E-state index in [9.17, 15) is 18.0 Å². The van der Waals surface area contributed by atoms with E-state index in [2.05, 4.69) is 10.3 Å². The largest absolute Gasteiger partial charge is 0.417 e. The minimum absolute atomic E-state index is 0.115. The molecule has 1 atom stereocenters. The fourth-order valence-corrected chi connectivity index (χ4v) is 2.44. The van der Waals surface area contributed by atoms with Gasteiger partial charge in [-0.25, -0.2) is 4.98 Å². The molecule has 0 bridgehead atoms. The Bertz CT molecular complexity index is 471. The summed E-state index contributed by atoms with van der Waals surface area (Å²) in [6, 6.07) is 2.43. The fraction of sp³-hybridized carbons (Fsp3) is 0.538. The van der Waals surface area contributed by atoms with E-state index in [1.165, 1.54) is 6.07 Å². The summed E-state index contributed by atoms with van der Waals surface area (Å²) in [7, 11) is 0. The Hall–Kier alpha value is -1.24. The Balaban J connectivity index is 1.80. The van der Waals surface area contributed by atoms with Gasteiger partial charge in [-0.15, -0.1) is 0 Å². The van der Waals surface area contributed by atoms with Crippen LogP contribution in [-0.4, -0.2) is 22.7 Å². The molecular formula is C13H15F3N2OS. The lowest BCUT2D eigenvalue weighted by Crippen LogP contribution is -2.35. The van der Waals surface area contributed by atoms with Gasteiger partial charge in [0.2, 0.25) is 5.91 Å². The molecule has 1 unspecified atom stereocenters. The van der Waals surface area contributed by atoms with Crippen LogP contribution in [0.2, 0.25) is 0 Å². The van der Waals surface area contributed by atoms with Crippen LogP contribution in [0.3, 0.4) is 0 Å².